The van der Waals surface area contributed by atoms with Gasteiger partial charge in [-0.3, -0.25) is 0 Å². The Hall–Kier alpha value is -2.90. The Morgan fingerprint density at radius 3 is 2.60 bits per heavy atom. The Morgan fingerprint density at radius 2 is 1.87 bits per heavy atom. The molecule has 0 amide bonds. The molecule has 30 heavy (non-hydrogen) atoms. The highest BCUT2D eigenvalue weighted by molar-refractivity contribution is 7.99. The van der Waals surface area contributed by atoms with Crippen LogP contribution in [-0.4, -0.2) is 33.4 Å². The van der Waals surface area contributed by atoms with Crippen LogP contribution in [0.2, 0.25) is 0 Å². The van der Waals surface area contributed by atoms with Gasteiger partial charge in [0.25, 0.3) is 0 Å². The van der Waals surface area contributed by atoms with Gasteiger partial charge < -0.3 is 9.84 Å². The topological polar surface area (TPSA) is 72.3 Å². The highest BCUT2D eigenvalue weighted by atomic mass is 32.2. The maximum absolute atomic E-state index is 10.9. The molecule has 1 N–H and O–H groups in total. The second-order valence-corrected chi connectivity index (χ2v) is 8.93. The molecule has 2 aromatic carbocycles. The smallest absolute Gasteiger partial charge is 0.335 e. The average molecular weight is 437 g/mol. The van der Waals surface area contributed by atoms with Crippen molar-refractivity contribution in [1.29, 1.82) is 0 Å². The minimum absolute atomic E-state index is 0.256. The molecule has 7 heteroatoms. The van der Waals surface area contributed by atoms with Crippen LogP contribution >= 0.6 is 23.1 Å². The third-order valence-corrected chi connectivity index (χ3v) is 6.68. The van der Waals surface area contributed by atoms with Gasteiger partial charge in [-0.25, -0.2) is 14.8 Å². The van der Waals surface area contributed by atoms with E-state index in [1.165, 1.54) is 16.0 Å². The average Bonchev–Trinajstić information content (AvgIpc) is 3.11. The Balaban J connectivity index is 1.41. The summed E-state index contributed by atoms with van der Waals surface area (Å²) in [7, 11) is 0. The fourth-order valence-electron chi connectivity index (χ4n) is 3.19. The molecular weight excluding hydrogens is 416 g/mol. The number of benzene rings is 2. The SMILES string of the molecule is Cc1sc2ncnc(SCCCOc3ccc(C(=O)O)cc3)c2c1-c1ccccc1. The zero-order valence-electron chi connectivity index (χ0n) is 16.4. The Morgan fingerprint density at radius 1 is 1.10 bits per heavy atom. The summed E-state index contributed by atoms with van der Waals surface area (Å²) in [5, 5.41) is 11.1. The summed E-state index contributed by atoms with van der Waals surface area (Å²) in [5.41, 5.74) is 2.66. The number of carboxylic acids is 1. The van der Waals surface area contributed by atoms with Gasteiger partial charge in [0.05, 0.1) is 17.6 Å². The molecule has 0 saturated carbocycles. The number of thioether (sulfide) groups is 1. The maximum Gasteiger partial charge on any atom is 0.335 e. The number of rotatable bonds is 8. The molecule has 0 aliphatic carbocycles. The number of thiophene rings is 1. The minimum Gasteiger partial charge on any atom is -0.494 e. The third-order valence-electron chi connectivity index (χ3n) is 4.59. The molecule has 4 rings (SSSR count). The van der Waals surface area contributed by atoms with Gasteiger partial charge in [-0.15, -0.1) is 23.1 Å². The number of hydrogen-bond donors (Lipinski definition) is 1. The van der Waals surface area contributed by atoms with E-state index in [0.29, 0.717) is 12.4 Å². The van der Waals surface area contributed by atoms with Gasteiger partial charge in [-0.2, -0.15) is 0 Å². The lowest BCUT2D eigenvalue weighted by Gasteiger charge is -2.08. The van der Waals surface area contributed by atoms with Gasteiger partial charge in [0, 0.05) is 16.2 Å². The van der Waals surface area contributed by atoms with Gasteiger partial charge in [0.2, 0.25) is 0 Å². The number of fused-ring (bicyclic) bond motifs is 1. The summed E-state index contributed by atoms with van der Waals surface area (Å²) in [6.45, 7) is 2.69. The first kappa shape index (κ1) is 20.4. The van der Waals surface area contributed by atoms with Crippen LogP contribution in [0.3, 0.4) is 0 Å². The molecule has 0 radical (unpaired) electrons. The molecule has 0 bridgehead atoms. The van der Waals surface area contributed by atoms with Crippen LogP contribution in [0.5, 0.6) is 5.75 Å². The van der Waals surface area contributed by atoms with Crippen molar-refractivity contribution in [3.63, 3.8) is 0 Å². The largest absolute Gasteiger partial charge is 0.494 e. The second kappa shape index (κ2) is 9.28. The Kier molecular flexibility index (Phi) is 6.30. The molecule has 0 saturated heterocycles. The van der Waals surface area contributed by atoms with E-state index in [2.05, 4.69) is 41.2 Å². The molecule has 2 aromatic heterocycles. The van der Waals surface area contributed by atoms with E-state index in [4.69, 9.17) is 9.84 Å². The number of aryl methyl sites for hydroxylation is 1. The van der Waals surface area contributed by atoms with E-state index in [1.54, 1.807) is 53.7 Å². The van der Waals surface area contributed by atoms with Gasteiger partial charge in [-0.05, 0) is 43.2 Å². The molecule has 0 fully saturated rings. The molecule has 4 aromatic rings. The van der Waals surface area contributed by atoms with E-state index < -0.39 is 5.97 Å². The van der Waals surface area contributed by atoms with E-state index in [0.717, 1.165) is 27.4 Å². The summed E-state index contributed by atoms with van der Waals surface area (Å²) < 4.78 is 5.73. The molecule has 0 atom stereocenters. The number of carbonyl (C=O) groups is 1. The number of nitrogens with zero attached hydrogens (tertiary/aromatic N) is 2. The summed E-state index contributed by atoms with van der Waals surface area (Å²) in [6, 6.07) is 16.8. The van der Waals surface area contributed by atoms with Crippen LogP contribution in [0.15, 0.2) is 66.0 Å². The monoisotopic (exact) mass is 436 g/mol. The third kappa shape index (κ3) is 4.47. The lowest BCUT2D eigenvalue weighted by atomic mass is 10.0. The fourth-order valence-corrected chi connectivity index (χ4v) is 5.19. The summed E-state index contributed by atoms with van der Waals surface area (Å²) in [5.74, 6) is 0.601. The molecule has 0 aliphatic rings. The summed E-state index contributed by atoms with van der Waals surface area (Å²) >= 11 is 3.41. The Labute approximate surface area is 182 Å². The summed E-state index contributed by atoms with van der Waals surface area (Å²) in [4.78, 5) is 22.2. The molecular formula is C23H20N2O3S2. The first-order valence-corrected chi connectivity index (χ1v) is 11.3. The molecule has 0 aliphatic heterocycles. The maximum atomic E-state index is 10.9. The van der Waals surface area contributed by atoms with Crippen LogP contribution in [0.1, 0.15) is 21.7 Å². The molecule has 0 unspecified atom stereocenters. The number of carboxylic acid groups (broad SMARTS) is 1. The predicted molar refractivity (Wildman–Crippen MR) is 122 cm³/mol. The first-order valence-electron chi connectivity index (χ1n) is 9.52. The number of aromatic carboxylic acids is 1. The van der Waals surface area contributed by atoms with Crippen molar-refractivity contribution in [2.24, 2.45) is 0 Å². The zero-order chi connectivity index (χ0) is 20.9. The standard InChI is InChI=1S/C23H20N2O3S2/c1-15-19(16-6-3-2-4-7-16)20-21(24-14-25-22(20)30-15)29-13-5-12-28-18-10-8-17(9-11-18)23(26)27/h2-4,6-11,14H,5,12-13H2,1H3,(H,26,27). The first-order chi connectivity index (χ1) is 14.6. The predicted octanol–water partition coefficient (Wildman–Crippen LogP) is 5.93. The highest BCUT2D eigenvalue weighted by Crippen LogP contribution is 2.41. The zero-order valence-corrected chi connectivity index (χ0v) is 18.0. The quantitative estimate of drug-likeness (QED) is 0.210. The van der Waals surface area contributed by atoms with E-state index in [1.807, 2.05) is 6.07 Å². The van der Waals surface area contributed by atoms with Crippen molar-refractivity contribution < 1.29 is 14.6 Å². The molecule has 152 valence electrons. The van der Waals surface area contributed by atoms with Crippen LogP contribution in [-0.2, 0) is 0 Å². The lowest BCUT2D eigenvalue weighted by Crippen LogP contribution is -2.00. The van der Waals surface area contributed by atoms with Crippen molar-refractivity contribution in [2.75, 3.05) is 12.4 Å². The summed E-state index contributed by atoms with van der Waals surface area (Å²) in [6.07, 6.45) is 2.48. The number of aromatic nitrogens is 2. The molecule has 2 heterocycles. The van der Waals surface area contributed by atoms with Crippen molar-refractivity contribution in [1.82, 2.24) is 9.97 Å². The second-order valence-electron chi connectivity index (χ2n) is 6.64. The van der Waals surface area contributed by atoms with Gasteiger partial charge in [0.1, 0.15) is 21.9 Å². The van der Waals surface area contributed by atoms with Crippen LogP contribution in [0, 0.1) is 6.92 Å². The van der Waals surface area contributed by atoms with E-state index >= 15 is 0 Å². The number of hydrogen-bond acceptors (Lipinski definition) is 6. The van der Waals surface area contributed by atoms with Gasteiger partial charge >= 0.3 is 5.97 Å². The van der Waals surface area contributed by atoms with Crippen molar-refractivity contribution in [3.8, 4) is 16.9 Å². The van der Waals surface area contributed by atoms with Gasteiger partial charge in [0.15, 0.2) is 0 Å². The van der Waals surface area contributed by atoms with Crippen molar-refractivity contribution >= 4 is 39.3 Å². The van der Waals surface area contributed by atoms with Crippen molar-refractivity contribution in [3.05, 3.63) is 71.4 Å². The van der Waals surface area contributed by atoms with Crippen LogP contribution in [0.4, 0.5) is 0 Å². The van der Waals surface area contributed by atoms with E-state index in [-0.39, 0.29) is 5.56 Å². The van der Waals surface area contributed by atoms with Crippen molar-refractivity contribution in [2.45, 2.75) is 18.4 Å². The molecule has 5 nitrogen and oxygen atoms in total. The fraction of sp³-hybridized carbons (Fsp3) is 0.174. The van der Waals surface area contributed by atoms with Crippen LogP contribution < -0.4 is 4.74 Å². The minimum atomic E-state index is -0.937. The molecule has 0 spiro atoms. The highest BCUT2D eigenvalue weighted by Gasteiger charge is 2.16. The number of ether oxygens (including phenoxy) is 1. The van der Waals surface area contributed by atoms with E-state index in [9.17, 15) is 4.79 Å². The van der Waals surface area contributed by atoms with Crippen LogP contribution in [0.25, 0.3) is 21.3 Å². The Bertz CT molecular complexity index is 1160. The van der Waals surface area contributed by atoms with Gasteiger partial charge in [-0.1, -0.05) is 30.3 Å². The normalized spacial score (nSPS) is 11.0. The lowest BCUT2D eigenvalue weighted by molar-refractivity contribution is 0.0697.